The molecule has 6 heteroatoms. The van der Waals surface area contributed by atoms with E-state index >= 15 is 0 Å². The van der Waals surface area contributed by atoms with Crippen LogP contribution in [0.3, 0.4) is 0 Å². The molecule has 3 nitrogen and oxygen atoms in total. The summed E-state index contributed by atoms with van der Waals surface area (Å²) in [5.74, 6) is 0. The fourth-order valence-corrected chi connectivity index (χ4v) is 1.49. The zero-order valence-corrected chi connectivity index (χ0v) is 8.55. The minimum Gasteiger partial charge on any atom is -0.326 e. The maximum absolute atomic E-state index is 12.4. The van der Waals surface area contributed by atoms with E-state index in [1.54, 1.807) is 6.07 Å². The molecule has 0 aromatic carbocycles. The summed E-state index contributed by atoms with van der Waals surface area (Å²) in [6.45, 7) is -0.00294. The van der Waals surface area contributed by atoms with Crippen molar-refractivity contribution >= 4 is 15.9 Å². The highest BCUT2D eigenvalue weighted by atomic mass is 79.9. The molecule has 0 atom stereocenters. The molecule has 0 bridgehead atoms. The van der Waals surface area contributed by atoms with Crippen molar-refractivity contribution in [1.29, 1.82) is 5.26 Å². The number of rotatable bonds is 2. The second-order valence-electron chi connectivity index (χ2n) is 2.47. The van der Waals surface area contributed by atoms with E-state index in [9.17, 15) is 8.78 Å². The van der Waals surface area contributed by atoms with Gasteiger partial charge < -0.3 is 5.73 Å². The minimum absolute atomic E-state index is 0.00294. The topological polar surface area (TPSA) is 62.7 Å². The predicted octanol–water partition coefficient (Wildman–Crippen LogP) is 2.11. The van der Waals surface area contributed by atoms with Crippen molar-refractivity contribution < 1.29 is 8.78 Å². The standard InChI is InChI=1S/C8H6BrF2N3/c9-7-5(2-13)4(1-12)6(3-14-7)8(10)11/h3,8H,2,13H2. The van der Waals surface area contributed by atoms with Gasteiger partial charge in [0, 0.05) is 18.3 Å². The summed E-state index contributed by atoms with van der Waals surface area (Å²) in [6, 6.07) is 1.71. The normalized spacial score (nSPS) is 10.3. The first kappa shape index (κ1) is 11.0. The molecule has 0 unspecified atom stereocenters. The summed E-state index contributed by atoms with van der Waals surface area (Å²) in [5.41, 5.74) is 5.17. The molecule has 0 aliphatic carbocycles. The molecular formula is C8H6BrF2N3. The van der Waals surface area contributed by atoms with Gasteiger partial charge in [0.15, 0.2) is 0 Å². The number of aromatic nitrogens is 1. The van der Waals surface area contributed by atoms with E-state index in [2.05, 4.69) is 20.9 Å². The van der Waals surface area contributed by atoms with E-state index in [-0.39, 0.29) is 17.7 Å². The van der Waals surface area contributed by atoms with Crippen LogP contribution >= 0.6 is 15.9 Å². The lowest BCUT2D eigenvalue weighted by atomic mass is 10.1. The molecule has 14 heavy (non-hydrogen) atoms. The fraction of sp³-hybridized carbons (Fsp3) is 0.250. The van der Waals surface area contributed by atoms with Crippen molar-refractivity contribution in [3.63, 3.8) is 0 Å². The first-order valence-electron chi connectivity index (χ1n) is 3.67. The summed E-state index contributed by atoms with van der Waals surface area (Å²) in [7, 11) is 0. The van der Waals surface area contributed by atoms with E-state index in [0.29, 0.717) is 10.2 Å². The van der Waals surface area contributed by atoms with Crippen LogP contribution in [0.25, 0.3) is 0 Å². The number of alkyl halides is 2. The van der Waals surface area contributed by atoms with Crippen LogP contribution in [0.5, 0.6) is 0 Å². The van der Waals surface area contributed by atoms with Crippen molar-refractivity contribution in [3.05, 3.63) is 27.5 Å². The molecule has 0 spiro atoms. The highest BCUT2D eigenvalue weighted by molar-refractivity contribution is 9.10. The van der Waals surface area contributed by atoms with Crippen molar-refractivity contribution in [2.75, 3.05) is 0 Å². The van der Waals surface area contributed by atoms with Crippen molar-refractivity contribution in [2.24, 2.45) is 5.73 Å². The Morgan fingerprint density at radius 3 is 2.71 bits per heavy atom. The molecule has 1 rings (SSSR count). The Morgan fingerprint density at radius 2 is 2.29 bits per heavy atom. The molecule has 74 valence electrons. The zero-order chi connectivity index (χ0) is 10.7. The second-order valence-corrected chi connectivity index (χ2v) is 3.23. The Bertz CT molecular complexity index is 387. The smallest absolute Gasteiger partial charge is 0.266 e. The Balaban J connectivity index is 3.43. The summed E-state index contributed by atoms with van der Waals surface area (Å²) in [5, 5.41) is 8.72. The van der Waals surface area contributed by atoms with Gasteiger partial charge in [-0.2, -0.15) is 5.26 Å². The molecule has 1 aromatic rings. The van der Waals surface area contributed by atoms with Crippen LogP contribution < -0.4 is 5.73 Å². The summed E-state index contributed by atoms with van der Waals surface area (Å²) in [4.78, 5) is 3.69. The predicted molar refractivity (Wildman–Crippen MR) is 49.5 cm³/mol. The molecule has 0 aliphatic rings. The Labute approximate surface area is 87.7 Å². The summed E-state index contributed by atoms with van der Waals surface area (Å²) >= 11 is 3.04. The van der Waals surface area contributed by atoms with Crippen LogP contribution in [-0.4, -0.2) is 4.98 Å². The van der Waals surface area contributed by atoms with Gasteiger partial charge in [-0.25, -0.2) is 13.8 Å². The largest absolute Gasteiger partial charge is 0.326 e. The van der Waals surface area contributed by atoms with E-state index in [0.717, 1.165) is 6.20 Å². The van der Waals surface area contributed by atoms with Crippen LogP contribution in [0.1, 0.15) is 23.1 Å². The van der Waals surface area contributed by atoms with Gasteiger partial charge in [-0.15, -0.1) is 0 Å². The monoisotopic (exact) mass is 261 g/mol. The lowest BCUT2D eigenvalue weighted by Crippen LogP contribution is -2.05. The van der Waals surface area contributed by atoms with Gasteiger partial charge in [-0.3, -0.25) is 0 Å². The van der Waals surface area contributed by atoms with Crippen molar-refractivity contribution in [2.45, 2.75) is 13.0 Å². The van der Waals surface area contributed by atoms with Crippen molar-refractivity contribution in [1.82, 2.24) is 4.98 Å². The molecule has 0 amide bonds. The molecular weight excluding hydrogens is 256 g/mol. The van der Waals surface area contributed by atoms with E-state index in [4.69, 9.17) is 11.0 Å². The highest BCUT2D eigenvalue weighted by Crippen LogP contribution is 2.27. The number of pyridine rings is 1. The van der Waals surface area contributed by atoms with Gasteiger partial charge in [-0.05, 0) is 15.9 Å². The van der Waals surface area contributed by atoms with Gasteiger partial charge in [0.25, 0.3) is 6.43 Å². The van der Waals surface area contributed by atoms with Gasteiger partial charge in [0.2, 0.25) is 0 Å². The summed E-state index contributed by atoms with van der Waals surface area (Å²) in [6.07, 6.45) is -1.73. The number of nitriles is 1. The molecule has 0 aliphatic heterocycles. The van der Waals surface area contributed by atoms with Crippen molar-refractivity contribution in [3.8, 4) is 6.07 Å². The summed E-state index contributed by atoms with van der Waals surface area (Å²) < 4.78 is 25.2. The van der Waals surface area contributed by atoms with Crippen LogP contribution in [-0.2, 0) is 6.54 Å². The average Bonchev–Trinajstić information content (AvgIpc) is 2.16. The third kappa shape index (κ3) is 1.89. The maximum Gasteiger partial charge on any atom is 0.266 e. The maximum atomic E-state index is 12.4. The Morgan fingerprint density at radius 1 is 1.64 bits per heavy atom. The van der Waals surface area contributed by atoms with Gasteiger partial charge in [0.1, 0.15) is 10.7 Å². The molecule has 2 N–H and O–H groups in total. The van der Waals surface area contributed by atoms with Gasteiger partial charge in [-0.1, -0.05) is 0 Å². The number of hydrogen-bond donors (Lipinski definition) is 1. The first-order valence-corrected chi connectivity index (χ1v) is 4.46. The number of halogens is 3. The van der Waals surface area contributed by atoms with E-state index in [1.165, 1.54) is 0 Å². The van der Waals surface area contributed by atoms with Crippen LogP contribution in [0, 0.1) is 11.3 Å². The molecule has 1 heterocycles. The van der Waals surface area contributed by atoms with Gasteiger partial charge in [0.05, 0.1) is 11.1 Å². The molecule has 0 saturated carbocycles. The van der Waals surface area contributed by atoms with Gasteiger partial charge >= 0.3 is 0 Å². The Kier molecular flexibility index (Phi) is 3.49. The molecule has 0 radical (unpaired) electrons. The third-order valence-electron chi connectivity index (χ3n) is 1.71. The van der Waals surface area contributed by atoms with E-state index < -0.39 is 6.43 Å². The Hall–Kier alpha value is -1.06. The molecule has 0 fully saturated rings. The fourth-order valence-electron chi connectivity index (χ4n) is 1.03. The first-order chi connectivity index (χ1) is 6.61. The molecule has 1 aromatic heterocycles. The van der Waals surface area contributed by atoms with E-state index in [1.807, 2.05) is 0 Å². The zero-order valence-electron chi connectivity index (χ0n) is 6.97. The third-order valence-corrected chi connectivity index (χ3v) is 2.39. The lowest BCUT2D eigenvalue weighted by molar-refractivity contribution is 0.150. The number of nitrogens with two attached hydrogens (primary N) is 1. The van der Waals surface area contributed by atoms with Crippen LogP contribution in [0.15, 0.2) is 10.8 Å². The number of hydrogen-bond acceptors (Lipinski definition) is 3. The SMILES string of the molecule is N#Cc1c(C(F)F)cnc(Br)c1CN. The quantitative estimate of drug-likeness (QED) is 0.830. The highest BCUT2D eigenvalue weighted by Gasteiger charge is 2.18. The molecule has 0 saturated heterocycles. The minimum atomic E-state index is -2.71. The second kappa shape index (κ2) is 4.44. The number of nitrogens with zero attached hydrogens (tertiary/aromatic N) is 2. The lowest BCUT2D eigenvalue weighted by Gasteiger charge is -2.07. The average molecular weight is 262 g/mol. The van der Waals surface area contributed by atoms with Crippen LogP contribution in [0.2, 0.25) is 0 Å². The van der Waals surface area contributed by atoms with Crippen LogP contribution in [0.4, 0.5) is 8.78 Å².